The highest BCUT2D eigenvalue weighted by atomic mass is 127. The van der Waals surface area contributed by atoms with Crippen LogP contribution in [0.25, 0.3) is 0 Å². The van der Waals surface area contributed by atoms with Crippen molar-refractivity contribution < 1.29 is 23.1 Å². The average Bonchev–Trinajstić information content (AvgIpc) is 3.03. The number of benzene rings is 2. The van der Waals surface area contributed by atoms with Gasteiger partial charge in [-0.2, -0.15) is 8.78 Å². The second-order valence-electron chi connectivity index (χ2n) is 9.28. The van der Waals surface area contributed by atoms with Gasteiger partial charge in [-0.3, -0.25) is 9.69 Å². The summed E-state index contributed by atoms with van der Waals surface area (Å²) in [6, 6.07) is 16.1. The molecule has 0 radical (unpaired) electrons. The van der Waals surface area contributed by atoms with Crippen LogP contribution in [0.15, 0.2) is 54.6 Å². The van der Waals surface area contributed by atoms with Crippen molar-refractivity contribution in [3.63, 3.8) is 0 Å². The Morgan fingerprint density at radius 3 is 2.26 bits per heavy atom. The number of para-hydroxylation sites is 1. The highest BCUT2D eigenvalue weighted by Gasteiger charge is 2.52. The Bertz CT molecular complexity index is 1060. The van der Waals surface area contributed by atoms with Crippen LogP contribution in [0.3, 0.4) is 0 Å². The summed E-state index contributed by atoms with van der Waals surface area (Å²) in [5.41, 5.74) is 0.768. The van der Waals surface area contributed by atoms with Crippen molar-refractivity contribution in [2.45, 2.75) is 68.1 Å². The van der Waals surface area contributed by atoms with Crippen molar-refractivity contribution in [1.82, 2.24) is 4.90 Å². The lowest BCUT2D eigenvalue weighted by molar-refractivity contribution is -0.132. The average molecular weight is 647 g/mol. The Labute approximate surface area is 220 Å². The monoisotopic (exact) mass is 646 g/mol. The topological polar surface area (TPSA) is 49.9 Å². The maximum absolute atomic E-state index is 14.1. The lowest BCUT2D eigenvalue weighted by atomic mass is 9.85. The van der Waals surface area contributed by atoms with Crippen LogP contribution in [-0.4, -0.2) is 39.4 Å². The maximum atomic E-state index is 14.1. The number of ether oxygens (including phenoxy) is 1. The van der Waals surface area contributed by atoms with E-state index in [1.807, 2.05) is 55.1 Å². The zero-order valence-corrected chi connectivity index (χ0v) is 22.6. The number of nitrogens with zero attached hydrogens (tertiary/aromatic N) is 2. The highest BCUT2D eigenvalue weighted by molar-refractivity contribution is 14.1. The predicted molar refractivity (Wildman–Crippen MR) is 138 cm³/mol. The molecule has 0 N–H and O–H groups in total. The number of carbonyl (C=O) groups is 2. The number of anilines is 1. The van der Waals surface area contributed by atoms with Gasteiger partial charge in [-0.05, 0) is 79.8 Å². The molecule has 2 aromatic rings. The third-order valence-electron chi connectivity index (χ3n) is 6.61. The molecule has 0 unspecified atom stereocenters. The van der Waals surface area contributed by atoms with E-state index in [1.54, 1.807) is 18.2 Å². The maximum Gasteiger partial charge on any atom is 0.411 e. The van der Waals surface area contributed by atoms with Crippen LogP contribution in [0.1, 0.15) is 51.1 Å². The van der Waals surface area contributed by atoms with Gasteiger partial charge in [-0.1, -0.05) is 42.5 Å². The van der Waals surface area contributed by atoms with Gasteiger partial charge in [0.2, 0.25) is 0 Å². The van der Waals surface area contributed by atoms with Gasteiger partial charge >= 0.3 is 16.8 Å². The number of hydrogen-bond acceptors (Lipinski definition) is 3. The lowest BCUT2D eigenvalue weighted by Gasteiger charge is -2.41. The summed E-state index contributed by atoms with van der Waals surface area (Å²) < 4.78 is 34.6. The molecule has 4 rings (SSSR count). The van der Waals surface area contributed by atoms with E-state index in [4.69, 9.17) is 4.74 Å². The van der Waals surface area contributed by atoms with Crippen LogP contribution in [0, 0.1) is 3.57 Å². The molecule has 0 bridgehead atoms. The van der Waals surface area contributed by atoms with E-state index in [9.17, 15) is 18.4 Å². The van der Waals surface area contributed by atoms with E-state index in [1.165, 1.54) is 4.90 Å². The Morgan fingerprint density at radius 1 is 1.09 bits per heavy atom. The van der Waals surface area contributed by atoms with Crippen molar-refractivity contribution in [3.8, 4) is 0 Å². The smallest absolute Gasteiger partial charge is 0.411 e. The molecule has 1 aliphatic carbocycles. The number of hydrogen-bond donors (Lipinski definition) is 0. The third kappa shape index (κ3) is 4.96. The summed E-state index contributed by atoms with van der Waals surface area (Å²) in [5.74, 6) is -1.27. The minimum absolute atomic E-state index is 0.105. The zero-order chi connectivity index (χ0) is 24.7. The SMILES string of the molecule is CC1(C)OC(=O)N(C2CCC(N(C(=O)C(F)(F)Br)c3ccccc3I)CC2)[C@H]1c1ccccc1. The predicted octanol–water partition coefficient (Wildman–Crippen LogP) is 6.90. The summed E-state index contributed by atoms with van der Waals surface area (Å²) in [6.07, 6.45) is 1.80. The largest absolute Gasteiger partial charge is 0.441 e. The number of alkyl halides is 3. The van der Waals surface area contributed by atoms with E-state index < -0.39 is 22.4 Å². The first-order chi connectivity index (χ1) is 16.0. The second-order valence-corrected chi connectivity index (χ2v) is 11.4. The zero-order valence-electron chi connectivity index (χ0n) is 18.9. The standard InChI is InChI=1S/C25H26BrF2IN2O3/c1-24(2)21(16-8-4-3-5-9-16)31(23(33)34-24)18-14-12-17(13-15-18)30(22(32)25(26,27)28)20-11-7-6-10-19(20)29/h3-11,17-18,21H,12-15H2,1-2H3/t17?,18?,21-/m0/s1. The van der Waals surface area contributed by atoms with Gasteiger partial charge in [0.15, 0.2) is 0 Å². The second kappa shape index (κ2) is 9.72. The molecule has 2 aliphatic rings. The molecule has 1 saturated heterocycles. The van der Waals surface area contributed by atoms with E-state index >= 15 is 0 Å². The summed E-state index contributed by atoms with van der Waals surface area (Å²) in [5, 5.41) is 0. The summed E-state index contributed by atoms with van der Waals surface area (Å²) >= 11 is 4.32. The first kappa shape index (κ1) is 25.3. The molecule has 5 nitrogen and oxygen atoms in total. The van der Waals surface area contributed by atoms with E-state index in [2.05, 4.69) is 38.5 Å². The van der Waals surface area contributed by atoms with Crippen LogP contribution in [0.5, 0.6) is 0 Å². The third-order valence-corrected chi connectivity index (χ3v) is 7.86. The summed E-state index contributed by atoms with van der Waals surface area (Å²) in [7, 11) is 0. The van der Waals surface area contributed by atoms with Gasteiger partial charge < -0.3 is 9.64 Å². The van der Waals surface area contributed by atoms with Gasteiger partial charge in [0.25, 0.3) is 0 Å². The molecule has 9 heteroatoms. The fourth-order valence-electron chi connectivity index (χ4n) is 5.18. The Hall–Kier alpha value is -1.75. The summed E-state index contributed by atoms with van der Waals surface area (Å²) in [6.45, 7) is 3.81. The Balaban J connectivity index is 1.58. The minimum atomic E-state index is -3.66. The number of carbonyl (C=O) groups excluding carboxylic acids is 2. The number of halogens is 4. The first-order valence-corrected chi connectivity index (χ1v) is 13.1. The fraction of sp³-hybridized carbons (Fsp3) is 0.440. The van der Waals surface area contributed by atoms with Crippen LogP contribution >= 0.6 is 38.5 Å². The molecular weight excluding hydrogens is 621 g/mol. The highest BCUT2D eigenvalue weighted by Crippen LogP contribution is 2.45. The summed E-state index contributed by atoms with van der Waals surface area (Å²) in [4.78, 5) is 25.1. The molecule has 2 fully saturated rings. The molecule has 0 aromatic heterocycles. The lowest BCUT2D eigenvalue weighted by Crippen LogP contribution is -2.51. The van der Waals surface area contributed by atoms with Crippen LogP contribution in [0.2, 0.25) is 0 Å². The van der Waals surface area contributed by atoms with Crippen LogP contribution < -0.4 is 4.90 Å². The molecule has 1 aliphatic heterocycles. The normalized spacial score (nSPS) is 24.6. The Morgan fingerprint density at radius 2 is 1.68 bits per heavy atom. The first-order valence-electron chi connectivity index (χ1n) is 11.2. The van der Waals surface area contributed by atoms with Gasteiger partial charge in [-0.25, -0.2) is 4.79 Å². The molecule has 0 spiro atoms. The number of cyclic esters (lactones) is 1. The molecular formula is C25H26BrF2IN2O3. The van der Waals surface area contributed by atoms with E-state index in [-0.39, 0.29) is 18.2 Å². The molecule has 182 valence electrons. The van der Waals surface area contributed by atoms with E-state index in [0.29, 0.717) is 31.4 Å². The van der Waals surface area contributed by atoms with Gasteiger partial charge in [0, 0.05) is 31.6 Å². The van der Waals surface area contributed by atoms with Gasteiger partial charge in [0.05, 0.1) is 11.7 Å². The molecule has 1 atom stereocenters. The van der Waals surface area contributed by atoms with Crippen molar-refractivity contribution in [3.05, 3.63) is 63.7 Å². The Kier molecular flexibility index (Phi) is 7.24. The van der Waals surface area contributed by atoms with Gasteiger partial charge in [0.1, 0.15) is 5.60 Å². The van der Waals surface area contributed by atoms with E-state index in [0.717, 1.165) is 9.13 Å². The van der Waals surface area contributed by atoms with Crippen LogP contribution in [0.4, 0.5) is 19.3 Å². The quantitative estimate of drug-likeness (QED) is 0.263. The molecule has 2 aromatic carbocycles. The molecule has 2 amide bonds. The number of rotatable bonds is 5. The molecule has 34 heavy (non-hydrogen) atoms. The van der Waals surface area contributed by atoms with Crippen molar-refractivity contribution in [1.29, 1.82) is 0 Å². The van der Waals surface area contributed by atoms with Gasteiger partial charge in [-0.15, -0.1) is 0 Å². The van der Waals surface area contributed by atoms with Crippen LogP contribution in [-0.2, 0) is 9.53 Å². The minimum Gasteiger partial charge on any atom is -0.441 e. The van der Waals surface area contributed by atoms with Crippen molar-refractivity contribution in [2.24, 2.45) is 0 Å². The molecule has 1 heterocycles. The van der Waals surface area contributed by atoms with Crippen molar-refractivity contribution >= 4 is 56.2 Å². The fourth-order valence-corrected chi connectivity index (χ4v) is 6.02. The molecule has 1 saturated carbocycles. The number of amides is 2. The van der Waals surface area contributed by atoms with Crippen molar-refractivity contribution in [2.75, 3.05) is 4.90 Å².